The summed E-state index contributed by atoms with van der Waals surface area (Å²) in [4.78, 5) is 29.0. The van der Waals surface area contributed by atoms with Crippen LogP contribution in [0.4, 0.5) is 4.79 Å². The van der Waals surface area contributed by atoms with Crippen LogP contribution >= 0.6 is 0 Å². The summed E-state index contributed by atoms with van der Waals surface area (Å²) in [6.45, 7) is 1.39. The predicted molar refractivity (Wildman–Crippen MR) is 142 cm³/mol. The zero-order valence-corrected chi connectivity index (χ0v) is 21.3. The number of fused-ring (bicyclic) bond motifs is 5. The fraction of sp³-hybridized carbons (Fsp3) is 0.375. The molecule has 0 aromatic heterocycles. The minimum atomic E-state index is -0.479. The van der Waals surface area contributed by atoms with Gasteiger partial charge in [0.1, 0.15) is 6.61 Å². The van der Waals surface area contributed by atoms with E-state index < -0.39 is 6.29 Å². The molecule has 3 saturated heterocycles. The molecule has 3 heterocycles. The Balaban J connectivity index is 1.04. The number of rotatable bonds is 5. The average Bonchev–Trinajstić information content (AvgIpc) is 3.67. The molecule has 1 aliphatic carbocycles. The van der Waals surface area contributed by atoms with Crippen LogP contribution in [0, 0.1) is 5.92 Å². The molecule has 3 fully saturated rings. The molecular weight excluding hydrogens is 478 g/mol. The molecule has 3 aromatic rings. The smallest absolute Gasteiger partial charge is 0.410 e. The number of hydrogen-bond acceptors (Lipinski definition) is 5. The highest BCUT2D eigenvalue weighted by Gasteiger charge is 2.46. The maximum Gasteiger partial charge on any atom is 0.410 e. The van der Waals surface area contributed by atoms with E-state index >= 15 is 0 Å². The van der Waals surface area contributed by atoms with E-state index in [1.807, 2.05) is 41.3 Å². The number of carbonyl (C=O) groups is 2. The zero-order chi connectivity index (χ0) is 25.6. The summed E-state index contributed by atoms with van der Waals surface area (Å²) in [5.41, 5.74) is 6.35. The second-order valence-corrected chi connectivity index (χ2v) is 10.8. The topological polar surface area (TPSA) is 65.1 Å². The fourth-order valence-corrected chi connectivity index (χ4v) is 7.04. The van der Waals surface area contributed by atoms with Crippen molar-refractivity contribution in [2.75, 3.05) is 19.8 Å². The molecule has 3 aliphatic heterocycles. The minimum absolute atomic E-state index is 0.0319. The van der Waals surface area contributed by atoms with Gasteiger partial charge in [0, 0.05) is 35.0 Å². The molecule has 2 bridgehead atoms. The number of carbonyl (C=O) groups excluding carboxylic acids is 2. The number of amides is 1. The van der Waals surface area contributed by atoms with Crippen LogP contribution in [0.15, 0.2) is 72.8 Å². The van der Waals surface area contributed by atoms with Crippen LogP contribution in [0.3, 0.4) is 0 Å². The first-order valence-corrected chi connectivity index (χ1v) is 13.7. The molecule has 2 unspecified atom stereocenters. The van der Waals surface area contributed by atoms with Gasteiger partial charge in [-0.2, -0.15) is 0 Å². The first kappa shape index (κ1) is 23.6. The molecule has 0 saturated carbocycles. The van der Waals surface area contributed by atoms with Gasteiger partial charge in [0.2, 0.25) is 0 Å². The molecule has 7 rings (SSSR count). The monoisotopic (exact) mass is 509 g/mol. The van der Waals surface area contributed by atoms with Gasteiger partial charge in [-0.25, -0.2) is 4.79 Å². The molecule has 0 N–H and O–H groups in total. The van der Waals surface area contributed by atoms with E-state index in [-0.39, 0.29) is 35.8 Å². The van der Waals surface area contributed by atoms with Gasteiger partial charge >= 0.3 is 6.09 Å². The van der Waals surface area contributed by atoms with E-state index in [4.69, 9.17) is 14.2 Å². The first-order chi connectivity index (χ1) is 18.7. The summed E-state index contributed by atoms with van der Waals surface area (Å²) in [6, 6.07) is 24.4. The maximum atomic E-state index is 13.7. The normalized spacial score (nSPS) is 24.3. The maximum absolute atomic E-state index is 13.7. The summed E-state index contributed by atoms with van der Waals surface area (Å²) in [5, 5.41) is 0. The molecule has 6 heteroatoms. The highest BCUT2D eigenvalue weighted by molar-refractivity contribution is 5.99. The van der Waals surface area contributed by atoms with E-state index in [0.717, 1.165) is 18.4 Å². The number of benzene rings is 3. The average molecular weight is 510 g/mol. The summed E-state index contributed by atoms with van der Waals surface area (Å²) in [5.74, 6) is 0.0520. The van der Waals surface area contributed by atoms with Crippen molar-refractivity contribution in [3.05, 3.63) is 95.1 Å². The van der Waals surface area contributed by atoms with Crippen molar-refractivity contribution in [2.45, 2.75) is 50.0 Å². The Kier molecular flexibility index (Phi) is 6.02. The Bertz CT molecular complexity index is 1320. The van der Waals surface area contributed by atoms with Crippen molar-refractivity contribution in [1.29, 1.82) is 0 Å². The van der Waals surface area contributed by atoms with E-state index in [1.54, 1.807) is 0 Å². The van der Waals surface area contributed by atoms with Crippen LogP contribution in [0.1, 0.15) is 64.9 Å². The molecule has 4 aliphatic rings. The van der Waals surface area contributed by atoms with Crippen LogP contribution in [0.5, 0.6) is 0 Å². The number of ketones is 1. The fourth-order valence-electron chi connectivity index (χ4n) is 7.04. The summed E-state index contributed by atoms with van der Waals surface area (Å²) < 4.78 is 17.4. The highest BCUT2D eigenvalue weighted by Crippen LogP contribution is 2.45. The van der Waals surface area contributed by atoms with Gasteiger partial charge in [-0.1, -0.05) is 72.8 Å². The minimum Gasteiger partial charge on any atom is -0.448 e. The third-order valence-electron chi connectivity index (χ3n) is 8.75. The lowest BCUT2D eigenvalue weighted by molar-refractivity contribution is -0.0446. The zero-order valence-electron chi connectivity index (χ0n) is 21.3. The van der Waals surface area contributed by atoms with E-state index in [2.05, 4.69) is 36.4 Å². The molecule has 1 amide bonds. The standard InChI is InChI=1S/C32H31NO5/c34-30(27-11-5-6-12-28(27)31-36-15-16-37-31)20-17-21-13-14-22(18-20)33(21)32(35)38-19-29-25-9-3-1-7-23(25)24-8-2-4-10-26(24)29/h1-12,20-22,29,31H,13-19H2. The van der Waals surface area contributed by atoms with Gasteiger partial charge < -0.3 is 19.1 Å². The summed E-state index contributed by atoms with van der Waals surface area (Å²) >= 11 is 0. The van der Waals surface area contributed by atoms with Crippen molar-refractivity contribution in [2.24, 2.45) is 5.92 Å². The van der Waals surface area contributed by atoms with E-state index in [0.29, 0.717) is 38.2 Å². The lowest BCUT2D eigenvalue weighted by Gasteiger charge is -2.38. The first-order valence-electron chi connectivity index (χ1n) is 13.7. The van der Waals surface area contributed by atoms with Gasteiger partial charge in [0.15, 0.2) is 12.1 Å². The molecule has 38 heavy (non-hydrogen) atoms. The van der Waals surface area contributed by atoms with Crippen molar-refractivity contribution >= 4 is 11.9 Å². The van der Waals surface area contributed by atoms with Gasteiger partial charge in [0.05, 0.1) is 13.2 Å². The number of hydrogen-bond donors (Lipinski definition) is 0. The molecule has 2 atom stereocenters. The second kappa shape index (κ2) is 9.68. The SMILES string of the molecule is O=C(c1ccccc1C1OCCO1)C1CC2CCC(C1)N2C(=O)OCC1c2ccccc2-c2ccccc21. The van der Waals surface area contributed by atoms with Crippen LogP contribution in [-0.2, 0) is 14.2 Å². The van der Waals surface area contributed by atoms with E-state index in [9.17, 15) is 9.59 Å². The Labute approximate surface area is 222 Å². The molecule has 3 aromatic carbocycles. The van der Waals surface area contributed by atoms with Crippen LogP contribution < -0.4 is 0 Å². The third kappa shape index (κ3) is 3.94. The predicted octanol–water partition coefficient (Wildman–Crippen LogP) is 6.11. The quantitative estimate of drug-likeness (QED) is 0.389. The molecule has 0 radical (unpaired) electrons. The van der Waals surface area contributed by atoms with Gasteiger partial charge in [0.25, 0.3) is 0 Å². The highest BCUT2D eigenvalue weighted by atomic mass is 16.7. The number of ether oxygens (including phenoxy) is 3. The van der Waals surface area contributed by atoms with Gasteiger partial charge in [-0.3, -0.25) is 4.79 Å². The Hall–Kier alpha value is -3.48. The number of Topliss-reactive ketones (excluding diaryl/α,β-unsaturated/α-hetero) is 1. The largest absolute Gasteiger partial charge is 0.448 e. The van der Waals surface area contributed by atoms with E-state index in [1.165, 1.54) is 22.3 Å². The van der Waals surface area contributed by atoms with Crippen LogP contribution in [0.2, 0.25) is 0 Å². The second-order valence-electron chi connectivity index (χ2n) is 10.8. The summed E-state index contributed by atoms with van der Waals surface area (Å²) in [6.07, 6.45) is 2.43. The molecule has 0 spiro atoms. The molecular formula is C32H31NO5. The lowest BCUT2D eigenvalue weighted by atomic mass is 9.83. The van der Waals surface area contributed by atoms with Gasteiger partial charge in [-0.05, 0) is 47.9 Å². The Morgan fingerprint density at radius 2 is 1.32 bits per heavy atom. The third-order valence-corrected chi connectivity index (χ3v) is 8.75. The number of nitrogens with zero attached hydrogens (tertiary/aromatic N) is 1. The summed E-state index contributed by atoms with van der Waals surface area (Å²) in [7, 11) is 0. The van der Waals surface area contributed by atoms with Gasteiger partial charge in [-0.15, -0.1) is 0 Å². The lowest BCUT2D eigenvalue weighted by Crippen LogP contribution is -2.48. The molecule has 194 valence electrons. The van der Waals surface area contributed by atoms with Crippen LogP contribution in [-0.4, -0.2) is 48.7 Å². The Morgan fingerprint density at radius 3 is 1.95 bits per heavy atom. The van der Waals surface area contributed by atoms with Crippen molar-refractivity contribution in [3.63, 3.8) is 0 Å². The van der Waals surface area contributed by atoms with Crippen molar-refractivity contribution < 1.29 is 23.8 Å². The van der Waals surface area contributed by atoms with Crippen molar-refractivity contribution in [3.8, 4) is 11.1 Å². The van der Waals surface area contributed by atoms with Crippen LogP contribution in [0.25, 0.3) is 11.1 Å². The van der Waals surface area contributed by atoms with Crippen molar-refractivity contribution in [1.82, 2.24) is 4.90 Å². The molecule has 6 nitrogen and oxygen atoms in total. The Morgan fingerprint density at radius 1 is 0.763 bits per heavy atom. The number of piperidine rings is 1.